The molecule has 2 aromatic rings. The highest BCUT2D eigenvalue weighted by molar-refractivity contribution is 6.61. The molecule has 1 amide bonds. The van der Waals surface area contributed by atoms with E-state index in [1.54, 1.807) is 41.3 Å². The smallest absolute Gasteiger partial charge is 0.415 e. The van der Waals surface area contributed by atoms with Crippen molar-refractivity contribution in [2.75, 3.05) is 0 Å². The lowest BCUT2D eigenvalue weighted by Gasteiger charge is -2.53. The number of hydrogen-bond acceptors (Lipinski definition) is 5. The van der Waals surface area contributed by atoms with Crippen LogP contribution in [0.3, 0.4) is 0 Å². The van der Waals surface area contributed by atoms with Crippen molar-refractivity contribution in [3.05, 3.63) is 60.7 Å². The van der Waals surface area contributed by atoms with Gasteiger partial charge in [0, 0.05) is 22.7 Å². The second-order valence-electron chi connectivity index (χ2n) is 8.36. The van der Waals surface area contributed by atoms with Crippen LogP contribution in [0.4, 0.5) is 9.59 Å². The minimum Gasteiger partial charge on any atom is -0.415 e. The van der Waals surface area contributed by atoms with Gasteiger partial charge in [0.2, 0.25) is 0 Å². The first-order valence-corrected chi connectivity index (χ1v) is 10.1. The number of para-hydroxylation sites is 2. The van der Waals surface area contributed by atoms with E-state index in [-0.39, 0.29) is 12.2 Å². The molecule has 0 unspecified atom stereocenters. The van der Waals surface area contributed by atoms with E-state index in [9.17, 15) is 14.7 Å². The Morgan fingerprint density at radius 1 is 0.867 bits per heavy atom. The minimum atomic E-state index is -0.814. The number of hydrogen-bond donors (Lipinski definition) is 1. The Kier molecular flexibility index (Phi) is 7.87. The number of carbonyl (C=O) groups is 2. The fraction of sp³-hybridized carbons (Fsp3) is 0.391. The van der Waals surface area contributed by atoms with Crippen molar-refractivity contribution in [2.24, 2.45) is 0 Å². The van der Waals surface area contributed by atoms with Gasteiger partial charge in [-0.25, -0.2) is 9.59 Å². The number of piperidine rings is 1. The van der Waals surface area contributed by atoms with E-state index in [2.05, 4.69) is 4.74 Å². The lowest BCUT2D eigenvalue weighted by molar-refractivity contribution is -0.0606. The predicted molar refractivity (Wildman–Crippen MR) is 116 cm³/mol. The Labute approximate surface area is 182 Å². The van der Waals surface area contributed by atoms with Gasteiger partial charge >= 0.3 is 11.5 Å². The molecule has 6 nitrogen and oxygen atoms in total. The number of likely N-dealkylation sites (tertiary alicyclic amines) is 1. The van der Waals surface area contributed by atoms with Gasteiger partial charge in [0.25, 0.3) is 0 Å². The van der Waals surface area contributed by atoms with Crippen LogP contribution in [-0.4, -0.2) is 38.7 Å². The molecule has 0 atom stereocenters. The summed E-state index contributed by atoms with van der Waals surface area (Å²) in [5.74, 6) is 0.998. The zero-order valence-electron chi connectivity index (χ0n) is 17.7. The van der Waals surface area contributed by atoms with Crippen molar-refractivity contribution in [2.45, 2.75) is 57.7 Å². The maximum atomic E-state index is 12.5. The molecule has 1 fully saturated rings. The molecule has 0 aliphatic carbocycles. The first-order chi connectivity index (χ1) is 14.0. The number of amides is 1. The van der Waals surface area contributed by atoms with E-state index in [0.717, 1.165) is 0 Å². The summed E-state index contributed by atoms with van der Waals surface area (Å²) in [6, 6.07) is 17.7. The fourth-order valence-electron chi connectivity index (χ4n) is 3.94. The van der Waals surface area contributed by atoms with Gasteiger partial charge in [-0.3, -0.25) is 4.90 Å². The topological polar surface area (TPSA) is 76.1 Å². The number of benzene rings is 2. The van der Waals surface area contributed by atoms with E-state index in [4.69, 9.17) is 16.3 Å². The van der Waals surface area contributed by atoms with Crippen molar-refractivity contribution in [3.8, 4) is 11.5 Å². The quantitative estimate of drug-likeness (QED) is 0.621. The van der Waals surface area contributed by atoms with Crippen molar-refractivity contribution in [1.82, 2.24) is 4.90 Å². The Morgan fingerprint density at radius 3 is 1.67 bits per heavy atom. The van der Waals surface area contributed by atoms with Crippen LogP contribution in [0.1, 0.15) is 40.5 Å². The van der Waals surface area contributed by atoms with Gasteiger partial charge < -0.3 is 14.6 Å². The molecular formula is C23H28ClNO5. The third kappa shape index (κ3) is 6.75. The largest absolute Gasteiger partial charge is 0.416 e. The molecule has 2 aromatic carbocycles. The number of aliphatic hydroxyl groups excluding tert-OH is 1. The Morgan fingerprint density at radius 2 is 1.27 bits per heavy atom. The molecule has 1 N–H and O–H groups in total. The molecule has 3 rings (SSSR count). The molecule has 1 aliphatic heterocycles. The summed E-state index contributed by atoms with van der Waals surface area (Å²) in [4.78, 5) is 24.4. The van der Waals surface area contributed by atoms with Crippen molar-refractivity contribution < 1.29 is 24.2 Å². The van der Waals surface area contributed by atoms with E-state index in [1.165, 1.54) is 0 Å². The van der Waals surface area contributed by atoms with Crippen molar-refractivity contribution >= 4 is 23.1 Å². The first kappa shape index (κ1) is 23.7. The highest BCUT2D eigenvalue weighted by atomic mass is 35.5. The van der Waals surface area contributed by atoms with Crippen LogP contribution in [0.25, 0.3) is 0 Å². The second-order valence-corrected chi connectivity index (χ2v) is 8.66. The highest BCUT2D eigenvalue weighted by Crippen LogP contribution is 2.39. The lowest BCUT2D eigenvalue weighted by Crippen LogP contribution is -2.64. The molecule has 1 saturated heterocycles. The van der Waals surface area contributed by atoms with Crippen LogP contribution in [0, 0.1) is 0 Å². The number of carbonyl (C=O) groups excluding carboxylic acids is 2. The van der Waals surface area contributed by atoms with Crippen molar-refractivity contribution in [3.63, 3.8) is 0 Å². The summed E-state index contributed by atoms with van der Waals surface area (Å²) in [7, 11) is 0. The average molecular weight is 434 g/mol. The molecule has 0 bridgehead atoms. The van der Waals surface area contributed by atoms with E-state index in [1.807, 2.05) is 52.0 Å². The molecule has 30 heavy (non-hydrogen) atoms. The Bertz CT molecular complexity index is 821. The van der Waals surface area contributed by atoms with Gasteiger partial charge in [0.15, 0.2) is 0 Å². The molecule has 7 heteroatoms. The minimum absolute atomic E-state index is 0.363. The summed E-state index contributed by atoms with van der Waals surface area (Å²) >= 11 is 4.95. The normalized spacial score (nSPS) is 17.3. The summed E-state index contributed by atoms with van der Waals surface area (Å²) in [6.07, 6.45) is 0.361. The van der Waals surface area contributed by atoms with Gasteiger partial charge in [-0.15, -0.1) is 0 Å². The standard InChI is InChI=1S/C16H23NO3.C7H5ClO2/c1-15(2)10-12(18)11-16(3,4)17(15)14(19)20-13-8-6-5-7-9-13;8-7(9)10-6-4-2-1-3-5-6/h5-9,12,18H,10-11H2,1-4H3;1-5H. The molecule has 0 radical (unpaired) electrons. The number of ether oxygens (including phenoxy) is 2. The number of halogens is 1. The van der Waals surface area contributed by atoms with Crippen LogP contribution in [-0.2, 0) is 0 Å². The third-order valence-corrected chi connectivity index (χ3v) is 4.83. The average Bonchev–Trinajstić information content (AvgIpc) is 2.60. The van der Waals surface area contributed by atoms with Gasteiger partial charge in [0.1, 0.15) is 11.5 Å². The van der Waals surface area contributed by atoms with E-state index >= 15 is 0 Å². The molecule has 1 aliphatic rings. The second kappa shape index (κ2) is 9.96. The Balaban J connectivity index is 0.000000269. The van der Waals surface area contributed by atoms with Gasteiger partial charge in [-0.1, -0.05) is 36.4 Å². The number of rotatable bonds is 2. The summed E-state index contributed by atoms with van der Waals surface area (Å²) in [6.45, 7) is 7.85. The van der Waals surface area contributed by atoms with E-state index < -0.39 is 16.5 Å². The molecule has 1 heterocycles. The van der Waals surface area contributed by atoms with Crippen LogP contribution < -0.4 is 9.47 Å². The maximum absolute atomic E-state index is 12.5. The lowest BCUT2D eigenvalue weighted by atomic mass is 9.78. The van der Waals surface area contributed by atoms with Crippen molar-refractivity contribution in [1.29, 1.82) is 0 Å². The summed E-state index contributed by atoms with van der Waals surface area (Å²) in [5.41, 5.74) is -1.69. The molecular weight excluding hydrogens is 406 g/mol. The van der Waals surface area contributed by atoms with Crippen LogP contribution in [0.5, 0.6) is 11.5 Å². The van der Waals surface area contributed by atoms with Gasteiger partial charge in [-0.2, -0.15) is 0 Å². The SMILES string of the molecule is CC1(C)CC(O)CC(C)(C)N1C(=O)Oc1ccccc1.O=C(Cl)Oc1ccccc1. The summed E-state index contributed by atoms with van der Waals surface area (Å²) in [5, 5.41) is 9.99. The first-order valence-electron chi connectivity index (χ1n) is 9.69. The highest BCUT2D eigenvalue weighted by Gasteiger charge is 2.48. The maximum Gasteiger partial charge on any atom is 0.416 e. The van der Waals surface area contributed by atoms with Crippen LogP contribution in [0.15, 0.2) is 60.7 Å². The monoisotopic (exact) mass is 433 g/mol. The summed E-state index contributed by atoms with van der Waals surface area (Å²) < 4.78 is 10.0. The van der Waals surface area contributed by atoms with Crippen LogP contribution in [0.2, 0.25) is 0 Å². The molecule has 0 spiro atoms. The predicted octanol–water partition coefficient (Wildman–Crippen LogP) is 5.62. The number of nitrogens with zero attached hydrogens (tertiary/aromatic N) is 1. The Hall–Kier alpha value is -2.57. The molecule has 0 aromatic heterocycles. The zero-order chi connectivity index (χ0) is 22.4. The van der Waals surface area contributed by atoms with Crippen LogP contribution >= 0.6 is 11.6 Å². The van der Waals surface area contributed by atoms with Gasteiger partial charge in [-0.05, 0) is 64.8 Å². The van der Waals surface area contributed by atoms with Gasteiger partial charge in [0.05, 0.1) is 6.10 Å². The fourth-order valence-corrected chi connectivity index (χ4v) is 4.03. The number of aliphatic hydroxyl groups is 1. The molecule has 162 valence electrons. The zero-order valence-corrected chi connectivity index (χ0v) is 18.4. The third-order valence-electron chi connectivity index (χ3n) is 4.75. The molecule has 0 saturated carbocycles. The van der Waals surface area contributed by atoms with E-state index in [0.29, 0.717) is 24.3 Å².